The van der Waals surface area contributed by atoms with E-state index in [2.05, 4.69) is 19.2 Å². The van der Waals surface area contributed by atoms with Gasteiger partial charge in [0.1, 0.15) is 0 Å². The van der Waals surface area contributed by atoms with Gasteiger partial charge in [-0.25, -0.2) is 0 Å². The molecule has 1 aliphatic carbocycles. The molecule has 0 aromatic carbocycles. The van der Waals surface area contributed by atoms with Crippen LogP contribution in [0.3, 0.4) is 0 Å². The van der Waals surface area contributed by atoms with Gasteiger partial charge in [0.2, 0.25) is 0 Å². The lowest BCUT2D eigenvalue weighted by Gasteiger charge is -2.33. The summed E-state index contributed by atoms with van der Waals surface area (Å²) in [6.07, 6.45) is 7.91. The first-order chi connectivity index (χ1) is 7.18. The van der Waals surface area contributed by atoms with E-state index >= 15 is 0 Å². The van der Waals surface area contributed by atoms with Crippen LogP contribution < -0.4 is 5.32 Å². The van der Waals surface area contributed by atoms with E-state index in [9.17, 15) is 0 Å². The molecule has 2 nitrogen and oxygen atoms in total. The van der Waals surface area contributed by atoms with Gasteiger partial charge in [-0.1, -0.05) is 39.5 Å². The van der Waals surface area contributed by atoms with Crippen molar-refractivity contribution in [1.29, 1.82) is 0 Å². The van der Waals surface area contributed by atoms with Crippen molar-refractivity contribution >= 4 is 0 Å². The van der Waals surface area contributed by atoms with Crippen LogP contribution in [-0.4, -0.2) is 25.8 Å². The molecule has 0 amide bonds. The predicted octanol–water partition coefficient (Wildman–Crippen LogP) is 2.97. The van der Waals surface area contributed by atoms with Gasteiger partial charge in [-0.3, -0.25) is 0 Å². The smallest absolute Gasteiger partial charge is 0.0806 e. The van der Waals surface area contributed by atoms with Crippen LogP contribution in [0.5, 0.6) is 0 Å². The van der Waals surface area contributed by atoms with Crippen molar-refractivity contribution in [3.05, 3.63) is 0 Å². The average Bonchev–Trinajstić information content (AvgIpc) is 2.42. The zero-order chi connectivity index (χ0) is 11.1. The lowest BCUT2D eigenvalue weighted by atomic mass is 9.94. The predicted molar refractivity (Wildman–Crippen MR) is 65.1 cm³/mol. The second kappa shape index (κ2) is 6.49. The molecule has 0 heterocycles. The van der Waals surface area contributed by atoms with Gasteiger partial charge < -0.3 is 10.1 Å². The number of nitrogens with one attached hydrogen (secondary N) is 1. The lowest BCUT2D eigenvalue weighted by Crippen LogP contribution is -2.42. The minimum Gasteiger partial charge on any atom is -0.373 e. The zero-order valence-corrected chi connectivity index (χ0v) is 10.6. The maximum atomic E-state index is 6.19. The second-order valence-electron chi connectivity index (χ2n) is 5.33. The summed E-state index contributed by atoms with van der Waals surface area (Å²) in [4.78, 5) is 0. The van der Waals surface area contributed by atoms with Crippen LogP contribution in [0.2, 0.25) is 0 Å². The first-order valence-electron chi connectivity index (χ1n) is 6.47. The quantitative estimate of drug-likeness (QED) is 0.709. The molecule has 0 atom stereocenters. The Labute approximate surface area is 94.8 Å². The monoisotopic (exact) mass is 213 g/mol. The number of hydrogen-bond acceptors (Lipinski definition) is 2. The van der Waals surface area contributed by atoms with Crippen molar-refractivity contribution in [3.8, 4) is 0 Å². The molecule has 0 spiro atoms. The number of likely N-dealkylation sites (N-methyl/N-ethyl adjacent to an activating group) is 1. The van der Waals surface area contributed by atoms with Crippen molar-refractivity contribution in [2.45, 2.75) is 58.0 Å². The lowest BCUT2D eigenvalue weighted by molar-refractivity contribution is -0.0645. The molecule has 0 aromatic heterocycles. The van der Waals surface area contributed by atoms with Crippen LogP contribution in [0.1, 0.15) is 52.4 Å². The summed E-state index contributed by atoms with van der Waals surface area (Å²) < 4.78 is 6.19. The highest BCUT2D eigenvalue weighted by Gasteiger charge is 2.31. The number of rotatable bonds is 5. The Bertz CT molecular complexity index is 160. The Hall–Kier alpha value is -0.0800. The van der Waals surface area contributed by atoms with Crippen LogP contribution in [0.25, 0.3) is 0 Å². The minimum atomic E-state index is 0.134. The highest BCUT2D eigenvalue weighted by molar-refractivity contribution is 4.85. The Morgan fingerprint density at radius 1 is 1.13 bits per heavy atom. The van der Waals surface area contributed by atoms with Crippen molar-refractivity contribution in [1.82, 2.24) is 5.32 Å². The summed E-state index contributed by atoms with van der Waals surface area (Å²) in [5.41, 5.74) is 0.134. The molecule has 0 saturated heterocycles. The van der Waals surface area contributed by atoms with Crippen LogP contribution in [-0.2, 0) is 4.74 Å². The molecule has 0 aromatic rings. The topological polar surface area (TPSA) is 21.3 Å². The summed E-state index contributed by atoms with van der Waals surface area (Å²) in [5, 5.41) is 3.30. The van der Waals surface area contributed by atoms with Gasteiger partial charge in [0.25, 0.3) is 0 Å². The second-order valence-corrected chi connectivity index (χ2v) is 5.33. The van der Waals surface area contributed by atoms with Crippen LogP contribution in [0.15, 0.2) is 0 Å². The van der Waals surface area contributed by atoms with E-state index in [0.29, 0.717) is 5.92 Å². The maximum absolute atomic E-state index is 6.19. The first-order valence-corrected chi connectivity index (χ1v) is 6.47. The van der Waals surface area contributed by atoms with Gasteiger partial charge in [-0.15, -0.1) is 0 Å². The SMILES string of the molecule is CNCC1(OCC(C)C)CCCCCC1. The molecule has 0 unspecified atom stereocenters. The van der Waals surface area contributed by atoms with Crippen LogP contribution >= 0.6 is 0 Å². The molecule has 1 saturated carbocycles. The fourth-order valence-corrected chi connectivity index (χ4v) is 2.41. The largest absolute Gasteiger partial charge is 0.373 e. The van der Waals surface area contributed by atoms with Crippen LogP contribution in [0.4, 0.5) is 0 Å². The zero-order valence-electron chi connectivity index (χ0n) is 10.6. The van der Waals surface area contributed by atoms with E-state index in [0.717, 1.165) is 13.2 Å². The Morgan fingerprint density at radius 2 is 1.73 bits per heavy atom. The van der Waals surface area contributed by atoms with E-state index in [1.807, 2.05) is 7.05 Å². The van der Waals surface area contributed by atoms with Crippen LogP contribution in [0, 0.1) is 5.92 Å². The summed E-state index contributed by atoms with van der Waals surface area (Å²) in [6, 6.07) is 0. The van der Waals surface area contributed by atoms with Crippen molar-refractivity contribution in [2.75, 3.05) is 20.2 Å². The molecule has 15 heavy (non-hydrogen) atoms. The molecule has 1 fully saturated rings. The highest BCUT2D eigenvalue weighted by atomic mass is 16.5. The van der Waals surface area contributed by atoms with E-state index in [-0.39, 0.29) is 5.60 Å². The van der Waals surface area contributed by atoms with Gasteiger partial charge in [0.15, 0.2) is 0 Å². The van der Waals surface area contributed by atoms with Crippen molar-refractivity contribution in [2.24, 2.45) is 5.92 Å². The van der Waals surface area contributed by atoms with E-state index < -0.39 is 0 Å². The number of ether oxygens (including phenoxy) is 1. The molecule has 0 aliphatic heterocycles. The Morgan fingerprint density at radius 3 is 2.20 bits per heavy atom. The summed E-state index contributed by atoms with van der Waals surface area (Å²) in [5.74, 6) is 0.641. The fourth-order valence-electron chi connectivity index (χ4n) is 2.41. The van der Waals surface area contributed by atoms with E-state index in [1.54, 1.807) is 0 Å². The molecule has 1 rings (SSSR count). The maximum Gasteiger partial charge on any atom is 0.0806 e. The molecular formula is C13H27NO. The highest BCUT2D eigenvalue weighted by Crippen LogP contribution is 2.30. The molecule has 90 valence electrons. The Kier molecular flexibility index (Phi) is 5.62. The van der Waals surface area contributed by atoms with E-state index in [1.165, 1.54) is 38.5 Å². The fraction of sp³-hybridized carbons (Fsp3) is 1.00. The van der Waals surface area contributed by atoms with Gasteiger partial charge in [0, 0.05) is 13.2 Å². The normalized spacial score (nSPS) is 21.6. The Balaban J connectivity index is 2.50. The van der Waals surface area contributed by atoms with Gasteiger partial charge in [0.05, 0.1) is 5.60 Å². The van der Waals surface area contributed by atoms with Crippen molar-refractivity contribution in [3.63, 3.8) is 0 Å². The number of hydrogen-bond donors (Lipinski definition) is 1. The van der Waals surface area contributed by atoms with Crippen molar-refractivity contribution < 1.29 is 4.74 Å². The van der Waals surface area contributed by atoms with Gasteiger partial charge in [-0.2, -0.15) is 0 Å². The molecule has 0 radical (unpaired) electrons. The minimum absolute atomic E-state index is 0.134. The third kappa shape index (κ3) is 4.52. The summed E-state index contributed by atoms with van der Waals surface area (Å²) in [7, 11) is 2.03. The van der Waals surface area contributed by atoms with E-state index in [4.69, 9.17) is 4.74 Å². The average molecular weight is 213 g/mol. The standard InChI is InChI=1S/C13H27NO/c1-12(2)10-15-13(11-14-3)8-6-4-5-7-9-13/h12,14H,4-11H2,1-3H3. The molecule has 0 bridgehead atoms. The first kappa shape index (κ1) is 13.0. The third-order valence-corrected chi connectivity index (χ3v) is 3.24. The summed E-state index contributed by atoms with van der Waals surface area (Å²) >= 11 is 0. The molecule has 1 N–H and O–H groups in total. The van der Waals surface area contributed by atoms with Gasteiger partial charge >= 0.3 is 0 Å². The summed E-state index contributed by atoms with van der Waals surface area (Å²) in [6.45, 7) is 6.37. The molecule has 1 aliphatic rings. The third-order valence-electron chi connectivity index (χ3n) is 3.24. The molecule has 2 heteroatoms. The molecular weight excluding hydrogens is 186 g/mol. The van der Waals surface area contributed by atoms with Gasteiger partial charge in [-0.05, 0) is 25.8 Å².